The second-order valence-corrected chi connectivity index (χ2v) is 7.47. The summed E-state index contributed by atoms with van der Waals surface area (Å²) in [7, 11) is -5.09. The van der Waals surface area contributed by atoms with Crippen molar-refractivity contribution in [2.45, 2.75) is 45.3 Å². The maximum atomic E-state index is 11.7. The summed E-state index contributed by atoms with van der Waals surface area (Å²) < 4.78 is 30.0. The molecule has 0 spiro atoms. The van der Waals surface area contributed by atoms with Crippen molar-refractivity contribution in [3.63, 3.8) is 0 Å². The van der Waals surface area contributed by atoms with Crippen LogP contribution in [0.5, 0.6) is 0 Å². The first-order valence-electron chi connectivity index (χ1n) is 6.29. The topological polar surface area (TPSA) is 129 Å². The molecule has 0 aromatic heterocycles. The SMILES string of the molecule is CC(C)CC(C(=O)O)C(CC(C)C)(C(=O)O)S(=O)(=O)O.[NaH]. The fourth-order valence-electron chi connectivity index (χ4n) is 2.34. The Labute approximate surface area is 147 Å². The molecule has 0 amide bonds. The molecule has 0 aliphatic heterocycles. The molecule has 7 nitrogen and oxygen atoms in total. The summed E-state index contributed by atoms with van der Waals surface area (Å²) in [5.41, 5.74) is 0. The fraction of sp³-hybridized carbons (Fsp3) is 0.833. The Kier molecular flexibility index (Phi) is 9.33. The first-order valence-corrected chi connectivity index (χ1v) is 7.73. The molecule has 0 saturated heterocycles. The molecule has 0 radical (unpaired) electrons. The van der Waals surface area contributed by atoms with Crippen molar-refractivity contribution in [3.8, 4) is 0 Å². The zero-order chi connectivity index (χ0) is 16.3. The summed E-state index contributed by atoms with van der Waals surface area (Å²) >= 11 is 0. The van der Waals surface area contributed by atoms with Crippen molar-refractivity contribution < 1.29 is 32.8 Å². The standard InChI is InChI=1S/C12H22O7S.Na.H/c1-7(2)5-9(10(13)14)12(11(15)16,6-8(3)4)20(17,18)19;;/h7-9H,5-6H2,1-4H3,(H,13,14)(H,15,16)(H,17,18,19);;. The van der Waals surface area contributed by atoms with Crippen molar-refractivity contribution in [1.82, 2.24) is 0 Å². The Morgan fingerprint density at radius 1 is 1.05 bits per heavy atom. The van der Waals surface area contributed by atoms with E-state index in [0.29, 0.717) is 0 Å². The van der Waals surface area contributed by atoms with Crippen LogP contribution in [0.1, 0.15) is 40.5 Å². The second kappa shape index (κ2) is 8.47. The van der Waals surface area contributed by atoms with Crippen LogP contribution in [-0.4, -0.2) is 69.4 Å². The molecule has 2 unspecified atom stereocenters. The van der Waals surface area contributed by atoms with Gasteiger partial charge in [-0.05, 0) is 24.7 Å². The zero-order valence-corrected chi connectivity index (χ0v) is 12.8. The number of carboxylic acids is 2. The van der Waals surface area contributed by atoms with Crippen LogP contribution in [0.4, 0.5) is 0 Å². The van der Waals surface area contributed by atoms with Gasteiger partial charge >= 0.3 is 41.5 Å². The van der Waals surface area contributed by atoms with Crippen LogP contribution in [0.2, 0.25) is 0 Å². The number of hydrogen-bond acceptors (Lipinski definition) is 4. The van der Waals surface area contributed by atoms with Crippen LogP contribution in [0.25, 0.3) is 0 Å². The van der Waals surface area contributed by atoms with E-state index in [4.69, 9.17) is 0 Å². The van der Waals surface area contributed by atoms with E-state index in [2.05, 4.69) is 0 Å². The van der Waals surface area contributed by atoms with Crippen LogP contribution in [-0.2, 0) is 19.7 Å². The van der Waals surface area contributed by atoms with E-state index in [0.717, 1.165) is 0 Å². The molecular weight excluding hydrogens is 311 g/mol. The molecule has 0 fully saturated rings. The van der Waals surface area contributed by atoms with E-state index >= 15 is 0 Å². The molecular formula is C12H23NaO7S. The predicted octanol–water partition coefficient (Wildman–Crippen LogP) is 0.842. The van der Waals surface area contributed by atoms with Gasteiger partial charge in [-0.25, -0.2) is 0 Å². The van der Waals surface area contributed by atoms with Gasteiger partial charge in [0, 0.05) is 0 Å². The Hall–Kier alpha value is -0.150. The first kappa shape index (κ1) is 23.1. The second-order valence-electron chi connectivity index (χ2n) is 5.79. The minimum absolute atomic E-state index is 0. The van der Waals surface area contributed by atoms with Crippen molar-refractivity contribution >= 4 is 51.6 Å². The van der Waals surface area contributed by atoms with E-state index in [9.17, 15) is 32.8 Å². The quantitative estimate of drug-likeness (QED) is 0.443. The molecule has 120 valence electrons. The van der Waals surface area contributed by atoms with Gasteiger partial charge in [-0.1, -0.05) is 27.7 Å². The van der Waals surface area contributed by atoms with Gasteiger partial charge in [0.2, 0.25) is 4.75 Å². The van der Waals surface area contributed by atoms with E-state index in [-0.39, 0.29) is 41.9 Å². The summed E-state index contributed by atoms with van der Waals surface area (Å²) in [6.07, 6.45) is -0.626. The average Bonchev–Trinajstić information content (AvgIpc) is 2.19. The molecule has 2 atom stereocenters. The minimum atomic E-state index is -5.09. The third-order valence-corrected chi connectivity index (χ3v) is 4.65. The van der Waals surface area contributed by atoms with Gasteiger partial charge in [0.15, 0.2) is 0 Å². The Morgan fingerprint density at radius 3 is 1.67 bits per heavy atom. The summed E-state index contributed by atoms with van der Waals surface area (Å²) in [4.78, 5) is 22.9. The summed E-state index contributed by atoms with van der Waals surface area (Å²) in [5, 5.41) is 18.6. The average molecular weight is 334 g/mol. The van der Waals surface area contributed by atoms with Crippen molar-refractivity contribution in [1.29, 1.82) is 0 Å². The molecule has 9 heteroatoms. The van der Waals surface area contributed by atoms with Crippen molar-refractivity contribution in [2.24, 2.45) is 17.8 Å². The van der Waals surface area contributed by atoms with Crippen LogP contribution < -0.4 is 0 Å². The Bertz CT molecular complexity index is 472. The van der Waals surface area contributed by atoms with Gasteiger partial charge in [0.25, 0.3) is 10.1 Å². The Balaban J connectivity index is 0. The molecule has 0 rings (SSSR count). The normalized spacial score (nSPS) is 16.1. The van der Waals surface area contributed by atoms with Crippen LogP contribution in [0.3, 0.4) is 0 Å². The molecule has 0 aromatic carbocycles. The van der Waals surface area contributed by atoms with Crippen molar-refractivity contribution in [2.75, 3.05) is 0 Å². The maximum absolute atomic E-state index is 11.7. The van der Waals surface area contributed by atoms with Gasteiger partial charge in [-0.15, -0.1) is 0 Å². The number of carboxylic acid groups (broad SMARTS) is 2. The molecule has 0 heterocycles. The number of aliphatic carboxylic acids is 2. The summed E-state index contributed by atoms with van der Waals surface area (Å²) in [6, 6.07) is 0. The van der Waals surface area contributed by atoms with E-state index in [1.165, 1.54) is 0 Å². The molecule has 0 saturated carbocycles. The molecule has 0 aromatic rings. The van der Waals surface area contributed by atoms with Gasteiger partial charge in [-0.3, -0.25) is 14.1 Å². The molecule has 0 bridgehead atoms. The zero-order valence-electron chi connectivity index (χ0n) is 12.0. The van der Waals surface area contributed by atoms with Crippen molar-refractivity contribution in [3.05, 3.63) is 0 Å². The van der Waals surface area contributed by atoms with E-state index in [1.807, 2.05) is 0 Å². The van der Waals surface area contributed by atoms with E-state index in [1.54, 1.807) is 27.7 Å². The Morgan fingerprint density at radius 2 is 1.48 bits per heavy atom. The third-order valence-electron chi connectivity index (χ3n) is 3.10. The van der Waals surface area contributed by atoms with Crippen LogP contribution >= 0.6 is 0 Å². The monoisotopic (exact) mass is 334 g/mol. The summed E-state index contributed by atoms with van der Waals surface area (Å²) in [6.45, 7) is 6.44. The van der Waals surface area contributed by atoms with Gasteiger partial charge in [0.1, 0.15) is 0 Å². The van der Waals surface area contributed by atoms with Crippen LogP contribution in [0.15, 0.2) is 0 Å². The fourth-order valence-corrected chi connectivity index (χ4v) is 3.66. The van der Waals surface area contributed by atoms with Gasteiger partial charge < -0.3 is 10.2 Å². The predicted molar refractivity (Wildman–Crippen MR) is 79.1 cm³/mol. The number of hydrogen-bond donors (Lipinski definition) is 3. The molecule has 3 N–H and O–H groups in total. The molecule has 21 heavy (non-hydrogen) atoms. The number of carbonyl (C=O) groups is 2. The number of rotatable bonds is 8. The first-order chi connectivity index (χ1) is 8.86. The van der Waals surface area contributed by atoms with E-state index < -0.39 is 45.1 Å². The third kappa shape index (κ3) is 5.52. The van der Waals surface area contributed by atoms with Gasteiger partial charge in [0.05, 0.1) is 5.92 Å². The summed E-state index contributed by atoms with van der Waals surface area (Å²) in [5.74, 6) is -5.73. The van der Waals surface area contributed by atoms with Crippen LogP contribution in [0, 0.1) is 17.8 Å². The van der Waals surface area contributed by atoms with Gasteiger partial charge in [-0.2, -0.15) is 8.42 Å². The molecule has 0 aliphatic rings. The molecule has 0 aliphatic carbocycles.